The molecule has 1 heterocycles. The smallest absolute Gasteiger partial charge is 0.295 e. The molecule has 0 spiro atoms. The van der Waals surface area contributed by atoms with Crippen LogP contribution in [-0.4, -0.2) is 60.4 Å². The zero-order valence-corrected chi connectivity index (χ0v) is 17.9. The van der Waals surface area contributed by atoms with Gasteiger partial charge in [-0.2, -0.15) is 0 Å². The van der Waals surface area contributed by atoms with Crippen LogP contribution >= 0.6 is 0 Å². The van der Waals surface area contributed by atoms with E-state index in [0.717, 1.165) is 11.1 Å². The molecular weight excluding hydrogens is 380 g/mol. The highest BCUT2D eigenvalue weighted by molar-refractivity contribution is 6.46. The van der Waals surface area contributed by atoms with E-state index in [0.29, 0.717) is 31.0 Å². The van der Waals surface area contributed by atoms with Crippen molar-refractivity contribution in [2.75, 3.05) is 33.8 Å². The minimum absolute atomic E-state index is 0.117. The molecule has 0 unspecified atom stereocenters. The predicted molar refractivity (Wildman–Crippen MR) is 116 cm³/mol. The Kier molecular flexibility index (Phi) is 6.57. The fourth-order valence-electron chi connectivity index (χ4n) is 3.54. The highest BCUT2D eigenvalue weighted by atomic mass is 16.5. The standard InChI is InChI=1S/C24H28N2O4/c1-5-30-19-12-10-17(11-13-19)21-20(22(27)18-8-6-16(2)7-9-18)23(28)24(29)26(21)15-14-25(3)4/h6-13,21,27H,5,14-15H2,1-4H3/t21-/m1/s1. The minimum atomic E-state index is -0.661. The van der Waals surface area contributed by atoms with Crippen LogP contribution < -0.4 is 4.74 Å². The van der Waals surface area contributed by atoms with Gasteiger partial charge in [0, 0.05) is 18.7 Å². The normalized spacial score (nSPS) is 18.3. The average Bonchev–Trinajstić information content (AvgIpc) is 2.98. The van der Waals surface area contributed by atoms with Crippen molar-refractivity contribution in [3.8, 4) is 5.75 Å². The molecule has 1 atom stereocenters. The first-order valence-electron chi connectivity index (χ1n) is 10.1. The van der Waals surface area contributed by atoms with Gasteiger partial charge in [-0.3, -0.25) is 9.59 Å². The number of carbonyl (C=O) groups excluding carboxylic acids is 2. The number of hydrogen-bond donors (Lipinski definition) is 1. The highest BCUT2D eigenvalue weighted by Gasteiger charge is 2.45. The Morgan fingerprint density at radius 1 is 1.07 bits per heavy atom. The lowest BCUT2D eigenvalue weighted by Gasteiger charge is -2.26. The molecular formula is C24H28N2O4. The van der Waals surface area contributed by atoms with Crippen molar-refractivity contribution in [1.29, 1.82) is 0 Å². The molecule has 1 aliphatic rings. The van der Waals surface area contributed by atoms with Gasteiger partial charge in [0.05, 0.1) is 18.2 Å². The SMILES string of the molecule is CCOc1ccc([C@@H]2C(=C(O)c3ccc(C)cc3)C(=O)C(=O)N2CCN(C)C)cc1. The van der Waals surface area contributed by atoms with Crippen LogP contribution in [0.2, 0.25) is 0 Å². The van der Waals surface area contributed by atoms with Crippen LogP contribution in [0.3, 0.4) is 0 Å². The lowest BCUT2D eigenvalue weighted by atomic mass is 9.95. The number of likely N-dealkylation sites (tertiary alicyclic amines) is 1. The minimum Gasteiger partial charge on any atom is -0.507 e. The molecule has 30 heavy (non-hydrogen) atoms. The fraction of sp³-hybridized carbons (Fsp3) is 0.333. The van der Waals surface area contributed by atoms with Gasteiger partial charge in [-0.25, -0.2) is 0 Å². The molecule has 0 radical (unpaired) electrons. The van der Waals surface area contributed by atoms with Crippen LogP contribution in [0.5, 0.6) is 5.75 Å². The number of Topliss-reactive ketones (excluding diaryl/α,β-unsaturated/α-hetero) is 1. The van der Waals surface area contributed by atoms with Gasteiger partial charge in [0.25, 0.3) is 11.7 Å². The van der Waals surface area contributed by atoms with E-state index in [2.05, 4.69) is 0 Å². The Hall–Kier alpha value is -3.12. The van der Waals surface area contributed by atoms with Gasteiger partial charge in [-0.15, -0.1) is 0 Å². The molecule has 6 nitrogen and oxygen atoms in total. The maximum atomic E-state index is 12.9. The third kappa shape index (κ3) is 4.39. The number of benzene rings is 2. The molecule has 158 valence electrons. The van der Waals surface area contributed by atoms with E-state index in [-0.39, 0.29) is 11.3 Å². The summed E-state index contributed by atoms with van der Waals surface area (Å²) in [7, 11) is 3.82. The van der Waals surface area contributed by atoms with Crippen LogP contribution in [0.1, 0.15) is 29.7 Å². The maximum absolute atomic E-state index is 12.9. The van der Waals surface area contributed by atoms with Crippen molar-refractivity contribution in [2.24, 2.45) is 0 Å². The summed E-state index contributed by atoms with van der Waals surface area (Å²) in [6, 6.07) is 13.9. The van der Waals surface area contributed by atoms with Gasteiger partial charge in [-0.05, 0) is 45.6 Å². The van der Waals surface area contributed by atoms with Crippen molar-refractivity contribution >= 4 is 17.4 Å². The van der Waals surface area contributed by atoms with Crippen molar-refractivity contribution < 1.29 is 19.4 Å². The number of ether oxygens (including phenoxy) is 1. The predicted octanol–water partition coefficient (Wildman–Crippen LogP) is 3.38. The number of amides is 1. The van der Waals surface area contributed by atoms with Gasteiger partial charge in [-0.1, -0.05) is 42.0 Å². The summed E-state index contributed by atoms with van der Waals surface area (Å²) in [4.78, 5) is 29.3. The Morgan fingerprint density at radius 2 is 1.70 bits per heavy atom. The highest BCUT2D eigenvalue weighted by Crippen LogP contribution is 2.39. The molecule has 1 saturated heterocycles. The van der Waals surface area contributed by atoms with Crippen LogP contribution in [0, 0.1) is 6.92 Å². The number of aryl methyl sites for hydroxylation is 1. The molecule has 3 rings (SSSR count). The van der Waals surface area contributed by atoms with Gasteiger partial charge in [0.15, 0.2) is 0 Å². The van der Waals surface area contributed by atoms with E-state index in [1.165, 1.54) is 4.90 Å². The summed E-state index contributed by atoms with van der Waals surface area (Å²) in [6.07, 6.45) is 0. The van der Waals surface area contributed by atoms with Gasteiger partial charge in [0.1, 0.15) is 11.5 Å². The lowest BCUT2D eigenvalue weighted by molar-refractivity contribution is -0.140. The summed E-state index contributed by atoms with van der Waals surface area (Å²) in [5.74, 6) is -0.695. The number of hydrogen-bond acceptors (Lipinski definition) is 5. The van der Waals surface area contributed by atoms with Crippen LogP contribution in [0.15, 0.2) is 54.1 Å². The monoisotopic (exact) mass is 408 g/mol. The summed E-state index contributed by atoms with van der Waals surface area (Å²) in [6.45, 7) is 5.38. The third-order valence-electron chi connectivity index (χ3n) is 5.16. The second-order valence-electron chi connectivity index (χ2n) is 7.66. The van der Waals surface area contributed by atoms with E-state index in [1.54, 1.807) is 12.1 Å². The molecule has 6 heteroatoms. The van der Waals surface area contributed by atoms with Gasteiger partial charge in [0.2, 0.25) is 0 Å². The molecule has 1 fully saturated rings. The Bertz CT molecular complexity index is 946. The topological polar surface area (TPSA) is 70.1 Å². The molecule has 0 aliphatic carbocycles. The fourth-order valence-corrected chi connectivity index (χ4v) is 3.54. The number of likely N-dealkylation sites (N-methyl/N-ethyl adjacent to an activating group) is 1. The van der Waals surface area contributed by atoms with E-state index in [4.69, 9.17) is 4.74 Å². The summed E-state index contributed by atoms with van der Waals surface area (Å²) in [5.41, 5.74) is 2.43. The average molecular weight is 408 g/mol. The summed E-state index contributed by atoms with van der Waals surface area (Å²) < 4.78 is 5.51. The Balaban J connectivity index is 2.10. The number of rotatable bonds is 7. The number of nitrogens with zero attached hydrogens (tertiary/aromatic N) is 2. The maximum Gasteiger partial charge on any atom is 0.295 e. The van der Waals surface area contributed by atoms with E-state index >= 15 is 0 Å². The molecule has 1 N–H and O–H groups in total. The van der Waals surface area contributed by atoms with E-state index in [9.17, 15) is 14.7 Å². The first-order valence-corrected chi connectivity index (χ1v) is 10.1. The van der Waals surface area contributed by atoms with Crippen molar-refractivity contribution in [1.82, 2.24) is 9.80 Å². The molecule has 0 bridgehead atoms. The van der Waals surface area contributed by atoms with Crippen LogP contribution in [0.25, 0.3) is 5.76 Å². The van der Waals surface area contributed by atoms with Crippen LogP contribution in [0.4, 0.5) is 0 Å². The molecule has 2 aromatic rings. The molecule has 2 aromatic carbocycles. The van der Waals surface area contributed by atoms with E-state index in [1.807, 2.05) is 69.2 Å². The second-order valence-corrected chi connectivity index (χ2v) is 7.66. The number of ketones is 1. The van der Waals surface area contributed by atoms with E-state index < -0.39 is 17.7 Å². The number of aliphatic hydroxyl groups excluding tert-OH is 1. The zero-order valence-electron chi connectivity index (χ0n) is 17.9. The second kappa shape index (κ2) is 9.13. The number of aliphatic hydroxyl groups is 1. The third-order valence-corrected chi connectivity index (χ3v) is 5.16. The van der Waals surface area contributed by atoms with Crippen molar-refractivity contribution in [3.05, 3.63) is 70.8 Å². The molecule has 0 aromatic heterocycles. The quantitative estimate of drug-likeness (QED) is 0.432. The summed E-state index contributed by atoms with van der Waals surface area (Å²) in [5, 5.41) is 11.0. The first-order chi connectivity index (χ1) is 14.3. The zero-order chi connectivity index (χ0) is 21.8. The van der Waals surface area contributed by atoms with Gasteiger partial charge >= 0.3 is 0 Å². The van der Waals surface area contributed by atoms with Crippen LogP contribution in [-0.2, 0) is 9.59 Å². The van der Waals surface area contributed by atoms with Gasteiger partial charge < -0.3 is 19.6 Å². The largest absolute Gasteiger partial charge is 0.507 e. The Morgan fingerprint density at radius 3 is 2.27 bits per heavy atom. The van der Waals surface area contributed by atoms with Crippen molar-refractivity contribution in [2.45, 2.75) is 19.9 Å². The summed E-state index contributed by atoms with van der Waals surface area (Å²) >= 11 is 0. The lowest BCUT2D eigenvalue weighted by Crippen LogP contribution is -2.35. The Labute approximate surface area is 177 Å². The first kappa shape index (κ1) is 21.6. The molecule has 1 aliphatic heterocycles. The van der Waals surface area contributed by atoms with Crippen molar-refractivity contribution in [3.63, 3.8) is 0 Å². The molecule has 0 saturated carbocycles. The molecule has 1 amide bonds. The number of carbonyl (C=O) groups is 2.